The van der Waals surface area contributed by atoms with Crippen LogP contribution in [0.15, 0.2) is 84.9 Å². The molecule has 0 aliphatic carbocycles. The molecule has 3 aromatic carbocycles. The quantitative estimate of drug-likeness (QED) is 0.294. The molecule has 0 saturated carbocycles. The van der Waals surface area contributed by atoms with Crippen LogP contribution in [0.3, 0.4) is 0 Å². The predicted molar refractivity (Wildman–Crippen MR) is 134 cm³/mol. The number of anilines is 4. The van der Waals surface area contributed by atoms with Crippen LogP contribution in [0.5, 0.6) is 5.75 Å². The molecule has 0 unspecified atom stereocenters. The lowest BCUT2D eigenvalue weighted by Gasteiger charge is -2.10. The molecule has 5 rings (SSSR count). The van der Waals surface area contributed by atoms with Crippen molar-refractivity contribution >= 4 is 44.4 Å². The number of fused-ring (bicyclic) bond motifs is 1. The zero-order chi connectivity index (χ0) is 21.9. The van der Waals surface area contributed by atoms with Crippen molar-refractivity contribution < 1.29 is 4.74 Å². The molecule has 0 bridgehead atoms. The van der Waals surface area contributed by atoms with Gasteiger partial charge in [0.2, 0.25) is 0 Å². The van der Waals surface area contributed by atoms with Gasteiger partial charge in [0.15, 0.2) is 5.82 Å². The van der Waals surface area contributed by atoms with E-state index < -0.39 is 0 Å². The molecule has 0 aliphatic heterocycles. The molecular weight excluding hydrogens is 416 g/mol. The van der Waals surface area contributed by atoms with E-state index in [0.29, 0.717) is 0 Å². The van der Waals surface area contributed by atoms with Crippen LogP contribution >= 0.6 is 11.3 Å². The number of nitrogens with one attached hydrogen (secondary N) is 2. The first kappa shape index (κ1) is 20.0. The molecule has 0 fully saturated rings. The topological polar surface area (TPSA) is 59.1 Å². The lowest BCUT2D eigenvalue weighted by Crippen LogP contribution is -1.97. The highest BCUT2D eigenvalue weighted by atomic mass is 32.1. The van der Waals surface area contributed by atoms with E-state index in [1.807, 2.05) is 61.5 Å². The summed E-state index contributed by atoms with van der Waals surface area (Å²) in [7, 11) is 1.67. The number of rotatable bonds is 6. The maximum Gasteiger partial charge on any atom is 0.152 e. The van der Waals surface area contributed by atoms with Crippen molar-refractivity contribution in [2.75, 3.05) is 17.7 Å². The number of methoxy groups -OCH3 is 1. The van der Waals surface area contributed by atoms with E-state index in [4.69, 9.17) is 4.74 Å². The normalized spacial score (nSPS) is 10.8. The van der Waals surface area contributed by atoms with Crippen molar-refractivity contribution in [3.8, 4) is 16.2 Å². The fourth-order valence-corrected chi connectivity index (χ4v) is 4.54. The summed E-state index contributed by atoms with van der Waals surface area (Å²) in [6, 6.07) is 28.5. The highest BCUT2D eigenvalue weighted by Crippen LogP contribution is 2.37. The molecule has 2 aromatic heterocycles. The number of ether oxygens (including phenoxy) is 1. The summed E-state index contributed by atoms with van der Waals surface area (Å²) in [6.45, 7) is 1.92. The predicted octanol–water partition coefficient (Wildman–Crippen LogP) is 7.16. The number of aromatic nitrogens is 2. The second kappa shape index (κ2) is 8.69. The molecule has 5 aromatic rings. The molecule has 32 heavy (non-hydrogen) atoms. The first-order chi connectivity index (χ1) is 15.7. The third-order valence-electron chi connectivity index (χ3n) is 5.07. The molecule has 0 spiro atoms. The molecule has 2 heterocycles. The number of benzene rings is 3. The Morgan fingerprint density at radius 1 is 0.750 bits per heavy atom. The Hall–Kier alpha value is -3.90. The average Bonchev–Trinajstić information content (AvgIpc) is 3.26. The van der Waals surface area contributed by atoms with E-state index in [9.17, 15) is 0 Å². The number of hydrogen-bond donors (Lipinski definition) is 2. The third-order valence-corrected chi connectivity index (χ3v) is 6.25. The van der Waals surface area contributed by atoms with Gasteiger partial charge >= 0.3 is 0 Å². The number of thiophene rings is 1. The van der Waals surface area contributed by atoms with E-state index in [-0.39, 0.29) is 0 Å². The summed E-state index contributed by atoms with van der Waals surface area (Å²) in [5.74, 6) is 2.41. The summed E-state index contributed by atoms with van der Waals surface area (Å²) in [4.78, 5) is 10.5. The molecule has 0 amide bonds. The standard InChI is InChI=1S/C26H22N4OS/c1-17-27-23-16-24(18-6-4-3-5-7-18)32-25(23)26(28-17)30-21-10-8-19(9-11-21)29-20-12-14-22(31-2)15-13-20/h3-16,29H,1-2H3,(H,27,28,30). The molecule has 6 heteroatoms. The minimum atomic E-state index is 0.746. The van der Waals surface area contributed by atoms with Crippen LogP contribution in [-0.4, -0.2) is 17.1 Å². The average molecular weight is 439 g/mol. The van der Waals surface area contributed by atoms with Gasteiger partial charge in [-0.2, -0.15) is 0 Å². The number of nitrogens with zero attached hydrogens (tertiary/aromatic N) is 2. The first-order valence-corrected chi connectivity index (χ1v) is 11.1. The maximum atomic E-state index is 5.21. The number of aryl methyl sites for hydroxylation is 1. The summed E-state index contributed by atoms with van der Waals surface area (Å²) >= 11 is 1.70. The van der Waals surface area contributed by atoms with Crippen molar-refractivity contribution in [1.29, 1.82) is 0 Å². The Morgan fingerprint density at radius 2 is 1.38 bits per heavy atom. The van der Waals surface area contributed by atoms with Crippen LogP contribution in [0.2, 0.25) is 0 Å². The largest absolute Gasteiger partial charge is 0.497 e. The van der Waals surface area contributed by atoms with Gasteiger partial charge in [0.05, 0.1) is 17.3 Å². The van der Waals surface area contributed by atoms with Crippen molar-refractivity contribution in [1.82, 2.24) is 9.97 Å². The maximum absolute atomic E-state index is 5.21. The van der Waals surface area contributed by atoms with Gasteiger partial charge < -0.3 is 15.4 Å². The van der Waals surface area contributed by atoms with Gasteiger partial charge in [0.25, 0.3) is 0 Å². The fourth-order valence-electron chi connectivity index (χ4n) is 3.49. The lowest BCUT2D eigenvalue weighted by molar-refractivity contribution is 0.415. The van der Waals surface area contributed by atoms with Crippen molar-refractivity contribution in [3.05, 3.63) is 90.8 Å². The van der Waals surface area contributed by atoms with E-state index in [0.717, 1.165) is 44.7 Å². The highest BCUT2D eigenvalue weighted by Gasteiger charge is 2.12. The SMILES string of the molecule is COc1ccc(Nc2ccc(Nc3nc(C)nc4cc(-c5ccccc5)sc34)cc2)cc1. The Kier molecular flexibility index (Phi) is 5.44. The van der Waals surface area contributed by atoms with Crippen LogP contribution < -0.4 is 15.4 Å². The summed E-state index contributed by atoms with van der Waals surface area (Å²) in [5.41, 5.74) is 5.13. The lowest BCUT2D eigenvalue weighted by atomic mass is 10.2. The minimum absolute atomic E-state index is 0.746. The van der Waals surface area contributed by atoms with Gasteiger partial charge in [-0.1, -0.05) is 30.3 Å². The Bertz CT molecular complexity index is 1350. The molecule has 0 aliphatic rings. The fraction of sp³-hybridized carbons (Fsp3) is 0.0769. The molecule has 158 valence electrons. The van der Waals surface area contributed by atoms with Crippen molar-refractivity contribution in [2.45, 2.75) is 6.92 Å². The van der Waals surface area contributed by atoms with Crippen LogP contribution in [0.25, 0.3) is 20.7 Å². The minimum Gasteiger partial charge on any atom is -0.497 e. The van der Waals surface area contributed by atoms with Gasteiger partial charge in [-0.15, -0.1) is 11.3 Å². The third kappa shape index (κ3) is 4.26. The number of hydrogen-bond acceptors (Lipinski definition) is 6. The Labute approximate surface area is 190 Å². The molecule has 0 atom stereocenters. The molecule has 5 nitrogen and oxygen atoms in total. The van der Waals surface area contributed by atoms with E-state index in [1.54, 1.807) is 18.4 Å². The van der Waals surface area contributed by atoms with Crippen LogP contribution in [0, 0.1) is 6.92 Å². The highest BCUT2D eigenvalue weighted by molar-refractivity contribution is 7.22. The second-order valence-electron chi connectivity index (χ2n) is 7.37. The zero-order valence-corrected chi connectivity index (χ0v) is 18.6. The summed E-state index contributed by atoms with van der Waals surface area (Å²) < 4.78 is 6.26. The van der Waals surface area contributed by atoms with Gasteiger partial charge in [0, 0.05) is 21.9 Å². The molecule has 0 radical (unpaired) electrons. The summed E-state index contributed by atoms with van der Waals surface area (Å²) in [6.07, 6.45) is 0. The molecule has 0 saturated heterocycles. The van der Waals surface area contributed by atoms with Crippen molar-refractivity contribution in [2.24, 2.45) is 0 Å². The smallest absolute Gasteiger partial charge is 0.152 e. The molecule has 2 N–H and O–H groups in total. The first-order valence-electron chi connectivity index (χ1n) is 10.3. The zero-order valence-electron chi connectivity index (χ0n) is 17.8. The van der Waals surface area contributed by atoms with Crippen LogP contribution in [0.4, 0.5) is 22.9 Å². The van der Waals surface area contributed by atoms with Crippen LogP contribution in [-0.2, 0) is 0 Å². The van der Waals surface area contributed by atoms with Gasteiger partial charge in [-0.3, -0.25) is 0 Å². The monoisotopic (exact) mass is 438 g/mol. The van der Waals surface area contributed by atoms with Crippen LogP contribution in [0.1, 0.15) is 5.82 Å². The molecular formula is C26H22N4OS. The van der Waals surface area contributed by atoms with Gasteiger partial charge in [0.1, 0.15) is 11.6 Å². The van der Waals surface area contributed by atoms with Gasteiger partial charge in [-0.25, -0.2) is 9.97 Å². The van der Waals surface area contributed by atoms with E-state index in [2.05, 4.69) is 50.9 Å². The Morgan fingerprint density at radius 3 is 2.03 bits per heavy atom. The van der Waals surface area contributed by atoms with E-state index in [1.165, 1.54) is 10.4 Å². The second-order valence-corrected chi connectivity index (χ2v) is 8.42. The Balaban J connectivity index is 1.38. The summed E-state index contributed by atoms with van der Waals surface area (Å²) in [5, 5.41) is 6.87. The van der Waals surface area contributed by atoms with Crippen molar-refractivity contribution in [3.63, 3.8) is 0 Å². The van der Waals surface area contributed by atoms with Gasteiger partial charge in [-0.05, 0) is 67.1 Å². The van der Waals surface area contributed by atoms with E-state index >= 15 is 0 Å².